The second kappa shape index (κ2) is 9.54. The summed E-state index contributed by atoms with van der Waals surface area (Å²) in [6.07, 6.45) is 0.689. The van der Waals surface area contributed by atoms with E-state index in [0.29, 0.717) is 22.8 Å². The van der Waals surface area contributed by atoms with E-state index in [1.54, 1.807) is 31.4 Å². The minimum absolute atomic E-state index is 0.181. The molecule has 0 saturated carbocycles. The van der Waals surface area contributed by atoms with Crippen molar-refractivity contribution < 1.29 is 23.4 Å². The van der Waals surface area contributed by atoms with Crippen molar-refractivity contribution in [3.8, 4) is 5.75 Å². The van der Waals surface area contributed by atoms with Crippen molar-refractivity contribution in [2.45, 2.75) is 19.4 Å². The van der Waals surface area contributed by atoms with Crippen molar-refractivity contribution in [3.63, 3.8) is 0 Å². The zero-order valence-corrected chi connectivity index (χ0v) is 18.9. The molecular weight excluding hydrogens is 446 g/mol. The number of thiazole rings is 1. The Morgan fingerprint density at radius 2 is 1.82 bits per heavy atom. The van der Waals surface area contributed by atoms with E-state index in [-0.39, 0.29) is 17.1 Å². The van der Waals surface area contributed by atoms with Crippen LogP contribution in [0.5, 0.6) is 5.75 Å². The minimum Gasteiger partial charge on any atom is -0.497 e. The molecule has 0 radical (unpaired) electrons. The lowest BCUT2D eigenvalue weighted by Gasteiger charge is -2.29. The first-order valence-corrected chi connectivity index (χ1v) is 11.2. The van der Waals surface area contributed by atoms with Gasteiger partial charge in [0.15, 0.2) is 5.13 Å². The summed E-state index contributed by atoms with van der Waals surface area (Å²) in [6, 6.07) is 16.3. The maximum absolute atomic E-state index is 14.3. The highest BCUT2D eigenvalue weighted by molar-refractivity contribution is 7.22. The Balaban J connectivity index is 1.67. The molecule has 1 aromatic heterocycles. The summed E-state index contributed by atoms with van der Waals surface area (Å²) < 4.78 is 33.6. The summed E-state index contributed by atoms with van der Waals surface area (Å²) in [5.41, 5.74) is 2.46. The molecule has 5 nitrogen and oxygen atoms in total. The Bertz CT molecular complexity index is 1270. The van der Waals surface area contributed by atoms with Crippen molar-refractivity contribution >= 4 is 32.7 Å². The molecule has 0 amide bonds. The van der Waals surface area contributed by atoms with Gasteiger partial charge in [-0.15, -0.1) is 0 Å². The first-order valence-electron chi connectivity index (χ1n) is 10.3. The normalized spacial score (nSPS) is 12.0. The number of benzene rings is 3. The lowest BCUT2D eigenvalue weighted by atomic mass is 10.0. The molecule has 1 atom stereocenters. The molecule has 4 aromatic rings. The number of nitrogens with zero attached hydrogens (tertiary/aromatic N) is 2. The van der Waals surface area contributed by atoms with Gasteiger partial charge in [-0.1, -0.05) is 35.6 Å². The van der Waals surface area contributed by atoms with Crippen LogP contribution in [0.25, 0.3) is 10.2 Å². The molecule has 33 heavy (non-hydrogen) atoms. The third kappa shape index (κ3) is 4.96. The number of aromatic carboxylic acids is 1. The molecule has 0 aliphatic carbocycles. The van der Waals surface area contributed by atoms with Gasteiger partial charge in [-0.25, -0.2) is 18.6 Å². The second-order valence-electron chi connectivity index (χ2n) is 7.63. The van der Waals surface area contributed by atoms with E-state index in [1.165, 1.54) is 17.4 Å². The van der Waals surface area contributed by atoms with Crippen molar-refractivity contribution in [2.24, 2.45) is 0 Å². The molecular formula is C25H22F2N2O3S. The van der Waals surface area contributed by atoms with Gasteiger partial charge in [0.05, 0.1) is 28.9 Å². The lowest BCUT2D eigenvalue weighted by molar-refractivity contribution is 0.0697. The van der Waals surface area contributed by atoms with Gasteiger partial charge in [0.2, 0.25) is 0 Å². The largest absolute Gasteiger partial charge is 0.497 e. The van der Waals surface area contributed by atoms with Crippen molar-refractivity contribution in [2.75, 3.05) is 18.6 Å². The number of ether oxygens (including phenoxy) is 1. The molecule has 8 heteroatoms. The number of halogens is 2. The maximum Gasteiger partial charge on any atom is 0.335 e. The van der Waals surface area contributed by atoms with Crippen LogP contribution in [-0.4, -0.2) is 29.7 Å². The predicted octanol–water partition coefficient (Wildman–Crippen LogP) is 6.09. The van der Waals surface area contributed by atoms with E-state index < -0.39 is 17.6 Å². The number of carbonyl (C=O) groups is 1. The molecule has 4 rings (SSSR count). The van der Waals surface area contributed by atoms with Crippen LogP contribution >= 0.6 is 11.3 Å². The molecule has 170 valence electrons. The monoisotopic (exact) mass is 468 g/mol. The molecule has 1 heterocycles. The highest BCUT2D eigenvalue weighted by atomic mass is 32.1. The van der Waals surface area contributed by atoms with E-state index in [2.05, 4.69) is 4.98 Å². The summed E-state index contributed by atoms with van der Waals surface area (Å²) >= 11 is 1.17. The van der Waals surface area contributed by atoms with E-state index in [9.17, 15) is 18.7 Å². The maximum atomic E-state index is 14.3. The molecule has 0 bridgehead atoms. The van der Waals surface area contributed by atoms with Gasteiger partial charge < -0.3 is 14.7 Å². The molecule has 3 aromatic carbocycles. The predicted molar refractivity (Wildman–Crippen MR) is 125 cm³/mol. The van der Waals surface area contributed by atoms with E-state index >= 15 is 0 Å². The number of aromatic nitrogens is 1. The van der Waals surface area contributed by atoms with Crippen LogP contribution in [0.4, 0.5) is 13.9 Å². The van der Waals surface area contributed by atoms with Crippen molar-refractivity contribution in [1.29, 1.82) is 0 Å². The Morgan fingerprint density at radius 1 is 1.12 bits per heavy atom. The van der Waals surface area contributed by atoms with E-state index in [4.69, 9.17) is 4.74 Å². The van der Waals surface area contributed by atoms with Gasteiger partial charge in [0, 0.05) is 18.7 Å². The summed E-state index contributed by atoms with van der Waals surface area (Å²) in [4.78, 5) is 17.8. The van der Waals surface area contributed by atoms with Crippen molar-refractivity contribution in [1.82, 2.24) is 4.98 Å². The van der Waals surface area contributed by atoms with Crippen LogP contribution in [0.3, 0.4) is 0 Å². The zero-order chi connectivity index (χ0) is 23.5. The Morgan fingerprint density at radius 3 is 2.45 bits per heavy atom. The number of carboxylic acids is 1. The summed E-state index contributed by atoms with van der Waals surface area (Å²) in [5, 5.41) is 9.75. The van der Waals surface area contributed by atoms with Crippen LogP contribution in [0.2, 0.25) is 0 Å². The highest BCUT2D eigenvalue weighted by Crippen LogP contribution is 2.36. The number of rotatable bonds is 8. The van der Waals surface area contributed by atoms with Gasteiger partial charge in [0.25, 0.3) is 0 Å². The fraction of sp³-hybridized carbons (Fsp3) is 0.200. The Labute approximate surface area is 193 Å². The fourth-order valence-corrected chi connectivity index (χ4v) is 4.71. The summed E-state index contributed by atoms with van der Waals surface area (Å²) in [6.45, 7) is 2.55. The van der Waals surface area contributed by atoms with Gasteiger partial charge >= 0.3 is 5.97 Å². The Kier molecular flexibility index (Phi) is 6.55. The molecule has 0 aliphatic rings. The van der Waals surface area contributed by atoms with E-state index in [1.807, 2.05) is 36.1 Å². The topological polar surface area (TPSA) is 62.7 Å². The number of anilines is 1. The third-order valence-corrected chi connectivity index (χ3v) is 6.67. The molecule has 0 saturated heterocycles. The van der Waals surface area contributed by atoms with Crippen LogP contribution in [-0.2, 0) is 6.42 Å². The Hall–Kier alpha value is -3.52. The summed E-state index contributed by atoms with van der Waals surface area (Å²) in [7, 11) is 1.61. The molecule has 1 unspecified atom stereocenters. The van der Waals surface area contributed by atoms with E-state index in [0.717, 1.165) is 22.9 Å². The third-order valence-electron chi connectivity index (χ3n) is 5.55. The number of hydrogen-bond donors (Lipinski definition) is 1. The van der Waals surface area contributed by atoms with Gasteiger partial charge in [-0.2, -0.15) is 0 Å². The van der Waals surface area contributed by atoms with Crippen LogP contribution in [0, 0.1) is 11.6 Å². The van der Waals surface area contributed by atoms with Crippen LogP contribution < -0.4 is 9.64 Å². The average molecular weight is 469 g/mol. The first kappa shape index (κ1) is 22.7. The standard InChI is InChI=1S/C25H22F2N2O3S/c1-15(17-5-7-18(8-6-17)24(30)31)29(12-11-16-3-9-20(32-2)10-4-16)25-28-22-14-19(26)13-21(27)23(22)33-25/h3-10,13-15H,11-12H2,1-2H3,(H,30,31). The lowest BCUT2D eigenvalue weighted by Crippen LogP contribution is -2.29. The fourth-order valence-electron chi connectivity index (χ4n) is 3.65. The number of carboxylic acid groups (broad SMARTS) is 1. The van der Waals surface area contributed by atoms with Gasteiger partial charge in [-0.3, -0.25) is 0 Å². The minimum atomic E-state index is -0.991. The number of methoxy groups -OCH3 is 1. The smallest absolute Gasteiger partial charge is 0.335 e. The quantitative estimate of drug-likeness (QED) is 0.339. The molecule has 0 aliphatic heterocycles. The first-order chi connectivity index (χ1) is 15.9. The van der Waals surface area contributed by atoms with Gasteiger partial charge in [0.1, 0.15) is 17.4 Å². The van der Waals surface area contributed by atoms with Crippen LogP contribution in [0.1, 0.15) is 34.5 Å². The highest BCUT2D eigenvalue weighted by Gasteiger charge is 2.22. The molecule has 0 fully saturated rings. The van der Waals surface area contributed by atoms with Crippen molar-refractivity contribution in [3.05, 3.63) is 89.0 Å². The average Bonchev–Trinajstić information content (AvgIpc) is 3.23. The van der Waals surface area contributed by atoms with Gasteiger partial charge in [-0.05, 0) is 48.7 Å². The molecule has 0 spiro atoms. The number of fused-ring (bicyclic) bond motifs is 1. The zero-order valence-electron chi connectivity index (χ0n) is 18.1. The number of hydrogen-bond acceptors (Lipinski definition) is 5. The second-order valence-corrected chi connectivity index (χ2v) is 8.60. The summed E-state index contributed by atoms with van der Waals surface area (Å²) in [5.74, 6) is -1.53. The SMILES string of the molecule is COc1ccc(CCN(c2nc3cc(F)cc(F)c3s2)C(C)c2ccc(C(=O)O)cc2)cc1. The van der Waals surface area contributed by atoms with Crippen LogP contribution in [0.15, 0.2) is 60.7 Å². The molecule has 1 N–H and O–H groups in total.